The van der Waals surface area contributed by atoms with E-state index >= 15 is 0 Å². The van der Waals surface area contributed by atoms with Crippen LogP contribution in [0, 0.1) is 13.8 Å². The van der Waals surface area contributed by atoms with Crippen molar-refractivity contribution in [3.8, 4) is 5.75 Å². The van der Waals surface area contributed by atoms with Gasteiger partial charge in [-0.25, -0.2) is 0 Å². The Kier molecular flexibility index (Phi) is 4.84. The number of alkyl halides is 2. The highest BCUT2D eigenvalue weighted by Gasteiger charge is 2.28. The van der Waals surface area contributed by atoms with E-state index in [1.807, 2.05) is 11.5 Å². The Morgan fingerprint density at radius 3 is 2.79 bits per heavy atom. The van der Waals surface area contributed by atoms with Crippen LogP contribution in [0.15, 0.2) is 23.4 Å². The van der Waals surface area contributed by atoms with Crippen molar-refractivity contribution in [2.45, 2.75) is 44.5 Å². The minimum atomic E-state index is -2.97. The molecular weight excluding hydrogens is 336 g/mol. The van der Waals surface area contributed by atoms with Crippen LogP contribution in [0.2, 0.25) is 0 Å². The molecule has 1 fully saturated rings. The molecular formula is C16H17F2N3O2S. The molecule has 0 spiro atoms. The largest absolute Gasteiger partial charge is 0.434 e. The van der Waals surface area contributed by atoms with E-state index < -0.39 is 6.61 Å². The number of aryl methyl sites for hydroxylation is 2. The molecule has 1 aliphatic carbocycles. The maximum absolute atomic E-state index is 12.5. The first-order valence-electron chi connectivity index (χ1n) is 7.58. The molecule has 5 nitrogen and oxygen atoms in total. The Morgan fingerprint density at radius 2 is 2.12 bits per heavy atom. The second-order valence-corrected chi connectivity index (χ2v) is 6.66. The van der Waals surface area contributed by atoms with Gasteiger partial charge in [0, 0.05) is 6.04 Å². The number of Topliss-reactive ketones (excluding diaryl/α,β-unsaturated/α-hetero) is 1. The van der Waals surface area contributed by atoms with E-state index in [0.717, 1.165) is 24.2 Å². The lowest BCUT2D eigenvalue weighted by molar-refractivity contribution is -0.0501. The molecule has 128 valence electrons. The summed E-state index contributed by atoms with van der Waals surface area (Å²) < 4.78 is 31.5. The second kappa shape index (κ2) is 6.88. The zero-order valence-electron chi connectivity index (χ0n) is 13.3. The predicted molar refractivity (Wildman–Crippen MR) is 85.9 cm³/mol. The van der Waals surface area contributed by atoms with Crippen LogP contribution >= 0.6 is 11.8 Å². The molecule has 0 unspecified atom stereocenters. The first kappa shape index (κ1) is 16.9. The summed E-state index contributed by atoms with van der Waals surface area (Å²) in [5.74, 6) is 0.543. The summed E-state index contributed by atoms with van der Waals surface area (Å²) in [4.78, 5) is 12.5. The van der Waals surface area contributed by atoms with Gasteiger partial charge in [-0.05, 0) is 38.8 Å². The third-order valence-electron chi connectivity index (χ3n) is 3.73. The quantitative estimate of drug-likeness (QED) is 0.560. The molecule has 0 N–H and O–H groups in total. The molecule has 0 atom stereocenters. The molecule has 1 aliphatic rings. The fraction of sp³-hybridized carbons (Fsp3) is 0.438. The van der Waals surface area contributed by atoms with Crippen LogP contribution in [0.1, 0.15) is 40.6 Å². The number of ether oxygens (including phenoxy) is 1. The van der Waals surface area contributed by atoms with E-state index in [1.165, 1.54) is 17.8 Å². The van der Waals surface area contributed by atoms with Gasteiger partial charge in [0.2, 0.25) is 0 Å². The molecule has 0 radical (unpaired) electrons. The molecule has 1 aromatic heterocycles. The van der Waals surface area contributed by atoms with Crippen LogP contribution in [-0.2, 0) is 0 Å². The highest BCUT2D eigenvalue weighted by Crippen LogP contribution is 2.38. The average molecular weight is 353 g/mol. The molecule has 0 bridgehead atoms. The number of halogens is 2. The zero-order valence-corrected chi connectivity index (χ0v) is 14.1. The Balaban J connectivity index is 1.74. The third kappa shape index (κ3) is 3.75. The Labute approximate surface area is 142 Å². The molecule has 1 heterocycles. The molecule has 2 aromatic rings. The van der Waals surface area contributed by atoms with Gasteiger partial charge in [-0.1, -0.05) is 23.4 Å². The van der Waals surface area contributed by atoms with Crippen molar-refractivity contribution in [1.82, 2.24) is 14.8 Å². The minimum Gasteiger partial charge on any atom is -0.434 e. The first-order chi connectivity index (χ1) is 11.5. The van der Waals surface area contributed by atoms with Crippen molar-refractivity contribution >= 4 is 17.5 Å². The van der Waals surface area contributed by atoms with Gasteiger partial charge in [0.15, 0.2) is 10.9 Å². The predicted octanol–water partition coefficient (Wildman–Crippen LogP) is 3.81. The first-order valence-corrected chi connectivity index (χ1v) is 8.57. The fourth-order valence-electron chi connectivity index (χ4n) is 2.47. The summed E-state index contributed by atoms with van der Waals surface area (Å²) in [5.41, 5.74) is 0.971. The lowest BCUT2D eigenvalue weighted by atomic mass is 10.1. The Hall–Kier alpha value is -1.96. The van der Waals surface area contributed by atoms with Gasteiger partial charge >= 0.3 is 6.61 Å². The van der Waals surface area contributed by atoms with E-state index in [0.29, 0.717) is 11.2 Å². The van der Waals surface area contributed by atoms with Crippen molar-refractivity contribution in [2.24, 2.45) is 0 Å². The van der Waals surface area contributed by atoms with Crippen molar-refractivity contribution < 1.29 is 18.3 Å². The van der Waals surface area contributed by atoms with Crippen LogP contribution in [0.25, 0.3) is 0 Å². The summed E-state index contributed by atoms with van der Waals surface area (Å²) in [6.45, 7) is 0.711. The lowest BCUT2D eigenvalue weighted by Gasteiger charge is -2.11. The summed E-state index contributed by atoms with van der Waals surface area (Å²) in [6, 6.07) is 5.01. The number of aromatic nitrogens is 3. The molecule has 0 saturated heterocycles. The van der Waals surface area contributed by atoms with Gasteiger partial charge in [0.25, 0.3) is 0 Å². The van der Waals surface area contributed by atoms with Crippen LogP contribution in [0.3, 0.4) is 0 Å². The van der Waals surface area contributed by atoms with E-state index in [2.05, 4.69) is 14.9 Å². The maximum Gasteiger partial charge on any atom is 0.387 e. The molecule has 0 amide bonds. The maximum atomic E-state index is 12.5. The lowest BCUT2D eigenvalue weighted by Crippen LogP contribution is -2.10. The number of thioether (sulfide) groups is 1. The van der Waals surface area contributed by atoms with Crippen LogP contribution in [0.4, 0.5) is 8.78 Å². The second-order valence-electron chi connectivity index (χ2n) is 5.72. The van der Waals surface area contributed by atoms with E-state index in [9.17, 15) is 13.6 Å². The number of ketones is 1. The summed E-state index contributed by atoms with van der Waals surface area (Å²) in [6.07, 6.45) is 2.18. The van der Waals surface area contributed by atoms with Crippen molar-refractivity contribution in [1.29, 1.82) is 0 Å². The monoisotopic (exact) mass is 353 g/mol. The van der Waals surface area contributed by atoms with Gasteiger partial charge in [-0.3, -0.25) is 4.79 Å². The smallest absolute Gasteiger partial charge is 0.387 e. The number of hydrogen-bond donors (Lipinski definition) is 0. The van der Waals surface area contributed by atoms with Crippen molar-refractivity contribution in [3.05, 3.63) is 35.2 Å². The number of benzene rings is 1. The molecule has 1 aromatic carbocycles. The number of nitrogens with zero attached hydrogens (tertiary/aromatic N) is 3. The number of rotatable bonds is 7. The standard InChI is InChI=1S/C16H17F2N3O2S/c1-9-3-6-14(23-15(17)18)12(7-9)13(22)8-24-16-20-19-10(2)21(16)11-4-5-11/h3,6-7,11,15H,4-5,8H2,1-2H3. The fourth-order valence-corrected chi connectivity index (χ4v) is 3.40. The normalized spacial score (nSPS) is 14.2. The molecule has 0 aliphatic heterocycles. The van der Waals surface area contributed by atoms with Gasteiger partial charge < -0.3 is 9.30 Å². The highest BCUT2D eigenvalue weighted by atomic mass is 32.2. The molecule has 3 rings (SSSR count). The Bertz CT molecular complexity index is 760. The van der Waals surface area contributed by atoms with E-state index in [1.54, 1.807) is 19.1 Å². The van der Waals surface area contributed by atoms with Gasteiger partial charge in [0.1, 0.15) is 11.6 Å². The molecule has 1 saturated carbocycles. The van der Waals surface area contributed by atoms with Gasteiger partial charge in [0.05, 0.1) is 11.3 Å². The Morgan fingerprint density at radius 1 is 1.38 bits per heavy atom. The summed E-state index contributed by atoms with van der Waals surface area (Å²) in [5, 5.41) is 8.85. The van der Waals surface area contributed by atoms with Crippen LogP contribution in [-0.4, -0.2) is 32.9 Å². The van der Waals surface area contributed by atoms with Crippen LogP contribution in [0.5, 0.6) is 5.75 Å². The van der Waals surface area contributed by atoms with E-state index in [4.69, 9.17) is 0 Å². The topological polar surface area (TPSA) is 57.0 Å². The van der Waals surface area contributed by atoms with Crippen molar-refractivity contribution in [3.63, 3.8) is 0 Å². The number of hydrogen-bond acceptors (Lipinski definition) is 5. The molecule has 8 heteroatoms. The summed E-state index contributed by atoms with van der Waals surface area (Å²) >= 11 is 1.27. The zero-order chi connectivity index (χ0) is 17.3. The highest BCUT2D eigenvalue weighted by molar-refractivity contribution is 7.99. The molecule has 24 heavy (non-hydrogen) atoms. The SMILES string of the molecule is Cc1ccc(OC(F)F)c(C(=O)CSc2nnc(C)n2C2CC2)c1. The van der Waals surface area contributed by atoms with Crippen LogP contribution < -0.4 is 4.74 Å². The summed E-state index contributed by atoms with van der Waals surface area (Å²) in [7, 11) is 0. The average Bonchev–Trinajstić information content (AvgIpc) is 3.29. The number of carbonyl (C=O) groups is 1. The van der Waals surface area contributed by atoms with Gasteiger partial charge in [-0.2, -0.15) is 8.78 Å². The minimum absolute atomic E-state index is 0.0912. The van der Waals surface area contributed by atoms with Gasteiger partial charge in [-0.15, -0.1) is 10.2 Å². The number of carbonyl (C=O) groups excluding carboxylic acids is 1. The van der Waals surface area contributed by atoms with E-state index in [-0.39, 0.29) is 22.8 Å². The third-order valence-corrected chi connectivity index (χ3v) is 4.67. The van der Waals surface area contributed by atoms with Crippen molar-refractivity contribution in [2.75, 3.05) is 5.75 Å².